The van der Waals surface area contributed by atoms with Gasteiger partial charge in [0.15, 0.2) is 34.8 Å². The summed E-state index contributed by atoms with van der Waals surface area (Å²) in [6, 6.07) is 0. The monoisotopic (exact) mass is 841 g/mol. The molecule has 8 rings (SSSR count). The van der Waals surface area contributed by atoms with Crippen LogP contribution in [0.3, 0.4) is 0 Å². The van der Waals surface area contributed by atoms with Crippen molar-refractivity contribution in [1.29, 1.82) is 0 Å². The number of aliphatic hydroxyl groups excluding tert-OH is 5. The molecule has 4 aromatic heterocycles. The molecule has 0 radical (unpaired) electrons. The van der Waals surface area contributed by atoms with Crippen LogP contribution in [0.4, 0.5) is 5.95 Å². The number of phosphoric acid groups is 2. The summed E-state index contributed by atoms with van der Waals surface area (Å²) in [6.45, 7) is -2.73. The Bertz CT molecular complexity index is 2310. The Labute approximate surface area is 310 Å². The third kappa shape index (κ3) is 7.21. The summed E-state index contributed by atoms with van der Waals surface area (Å²) in [7, 11) is -10.9. The van der Waals surface area contributed by atoms with Gasteiger partial charge >= 0.3 is 0 Å². The minimum atomic E-state index is -5.48. The number of nitrogens with zero attached hydrogens (tertiary/aromatic N) is 6. The van der Waals surface area contributed by atoms with Gasteiger partial charge in [-0.2, -0.15) is 4.98 Å². The zero-order chi connectivity index (χ0) is 38.4. The number of aliphatic hydroxyl groups is 5. The largest absolute Gasteiger partial charge is 0.756 e. The number of hydrogen-bond acceptors (Lipinski definition) is 23. The van der Waals surface area contributed by atoms with Crippen LogP contribution in [0.15, 0.2) is 22.2 Å². The lowest BCUT2D eigenvalue weighted by molar-refractivity contribution is -0.244. The molecule has 4 aromatic rings. The molecule has 4 saturated heterocycles. The average molecular weight is 842 g/mol. The molecule has 56 heavy (non-hydrogen) atoms. The van der Waals surface area contributed by atoms with E-state index in [0.717, 1.165) is 21.8 Å². The van der Waals surface area contributed by atoms with E-state index in [1.807, 2.05) is 0 Å². The SMILES string of the molecule is Nc1nc2c(ncn2[C@H]2O[C@H]3COP(=O)([O-])O[C@H]4[C@@H](O)[C@H](c5nc6c(ncn6[C@@H]6O[C@H](CO)[C@@H](O)[C@H]6O)c(=O)[nH]5)O[C@@H]4COP(=O)([O-])O[C@@H]3[C@@H]2O)c(=O)[nH]1.[NH4+].[NH4+]. The summed E-state index contributed by atoms with van der Waals surface area (Å²) in [5.41, 5.74) is 3.06. The van der Waals surface area contributed by atoms with Crippen LogP contribution in [0.25, 0.3) is 22.3 Å². The molecular weight excluding hydrogens is 804 g/mol. The van der Waals surface area contributed by atoms with Gasteiger partial charge in [0.05, 0.1) is 32.5 Å². The molecule has 0 aromatic carbocycles. The number of ether oxygens (including phenoxy) is 3. The predicted octanol–water partition coefficient (Wildman–Crippen LogP) is -4.99. The van der Waals surface area contributed by atoms with E-state index in [9.17, 15) is 54.0 Å². The van der Waals surface area contributed by atoms with E-state index in [-0.39, 0.29) is 40.6 Å². The Morgan fingerprint density at radius 2 is 1.29 bits per heavy atom. The van der Waals surface area contributed by atoms with Crippen molar-refractivity contribution in [3.05, 3.63) is 39.2 Å². The van der Waals surface area contributed by atoms with Gasteiger partial charge in [-0.1, -0.05) is 0 Å². The highest BCUT2D eigenvalue weighted by molar-refractivity contribution is 7.46. The van der Waals surface area contributed by atoms with Crippen LogP contribution in [-0.4, -0.2) is 139 Å². The van der Waals surface area contributed by atoms with E-state index in [1.54, 1.807) is 0 Å². The smallest absolute Gasteiger partial charge is 0.280 e. The second-order valence-electron chi connectivity index (χ2n) is 12.5. The zero-order valence-corrected chi connectivity index (χ0v) is 30.7. The van der Waals surface area contributed by atoms with E-state index in [0.29, 0.717) is 0 Å². The topological polar surface area (TPSA) is 472 Å². The van der Waals surface area contributed by atoms with Crippen molar-refractivity contribution in [3.63, 3.8) is 0 Å². The number of nitrogens with two attached hydrogens (primary N) is 1. The van der Waals surface area contributed by atoms with Gasteiger partial charge in [-0.3, -0.25) is 32.8 Å². The highest BCUT2D eigenvalue weighted by atomic mass is 31.2. The van der Waals surface area contributed by atoms with E-state index in [4.69, 9.17) is 38.0 Å². The first-order valence-electron chi connectivity index (χ1n) is 15.8. The minimum Gasteiger partial charge on any atom is -0.756 e. The average Bonchev–Trinajstić information content (AvgIpc) is 3.91. The molecule has 0 amide bonds. The Morgan fingerprint density at radius 3 is 1.86 bits per heavy atom. The molecule has 0 aliphatic carbocycles. The molecule has 310 valence electrons. The predicted molar refractivity (Wildman–Crippen MR) is 176 cm³/mol. The van der Waals surface area contributed by atoms with Crippen LogP contribution >= 0.6 is 15.6 Å². The number of anilines is 1. The van der Waals surface area contributed by atoms with Gasteiger partial charge in [0.25, 0.3) is 26.8 Å². The Kier molecular flexibility index (Phi) is 11.4. The van der Waals surface area contributed by atoms with E-state index in [2.05, 4.69) is 29.9 Å². The van der Waals surface area contributed by atoms with Crippen LogP contribution in [0.2, 0.25) is 0 Å². The molecule has 4 aliphatic rings. The van der Waals surface area contributed by atoms with Crippen molar-refractivity contribution in [1.82, 2.24) is 51.3 Å². The third-order valence-electron chi connectivity index (χ3n) is 9.18. The second kappa shape index (κ2) is 15.2. The lowest BCUT2D eigenvalue weighted by Crippen LogP contribution is -2.40. The summed E-state index contributed by atoms with van der Waals surface area (Å²) in [4.78, 5) is 72.2. The quantitative estimate of drug-likeness (QED) is 0.0860. The fourth-order valence-corrected chi connectivity index (χ4v) is 8.53. The Balaban J connectivity index is 0.00000266. The molecule has 0 bridgehead atoms. The number of hydrogen-bond donors (Lipinski definition) is 10. The maximum absolute atomic E-state index is 13.1. The number of fused-ring (bicyclic) bond motifs is 4. The molecule has 2 unspecified atom stereocenters. The van der Waals surface area contributed by atoms with Crippen molar-refractivity contribution in [3.8, 4) is 0 Å². The van der Waals surface area contributed by atoms with Gasteiger partial charge in [-0.15, -0.1) is 0 Å². The molecule has 14 atom stereocenters. The summed E-state index contributed by atoms with van der Waals surface area (Å²) in [5.74, 6) is -0.767. The van der Waals surface area contributed by atoms with Gasteiger partial charge in [-0.25, -0.2) is 15.0 Å². The van der Waals surface area contributed by atoms with Crippen molar-refractivity contribution in [2.75, 3.05) is 25.6 Å². The summed E-state index contributed by atoms with van der Waals surface area (Å²) in [5, 5.41) is 52.6. The Morgan fingerprint density at radius 1 is 0.768 bits per heavy atom. The van der Waals surface area contributed by atoms with Crippen LogP contribution < -0.4 is 38.9 Å². The fraction of sp³-hybridized carbons (Fsp3) is 0.600. The minimum absolute atomic E-state index is 0. The summed E-state index contributed by atoms with van der Waals surface area (Å²) in [6.07, 6.45) is -18.0. The van der Waals surface area contributed by atoms with Crippen LogP contribution in [-0.2, 0) is 41.4 Å². The first-order valence-corrected chi connectivity index (χ1v) is 18.7. The number of phosphoric ester groups is 2. The molecule has 31 heteroatoms. The van der Waals surface area contributed by atoms with Crippen LogP contribution in [0, 0.1) is 0 Å². The van der Waals surface area contributed by atoms with Crippen molar-refractivity contribution in [2.45, 2.75) is 73.5 Å². The van der Waals surface area contributed by atoms with E-state index in [1.165, 1.54) is 0 Å². The number of nitrogen functional groups attached to an aromatic ring is 1. The van der Waals surface area contributed by atoms with Gasteiger partial charge in [0.1, 0.15) is 66.9 Å². The Hall–Kier alpha value is -3.68. The maximum Gasteiger partial charge on any atom is 0.280 e. The molecular formula is C25H37N11O18P2. The first kappa shape index (κ1) is 41.9. The lowest BCUT2D eigenvalue weighted by Gasteiger charge is -2.34. The third-order valence-corrected chi connectivity index (χ3v) is 11.1. The number of nitrogens with one attached hydrogen (secondary N) is 2. The second-order valence-corrected chi connectivity index (χ2v) is 15.3. The first-order chi connectivity index (χ1) is 25.6. The molecule has 29 nitrogen and oxygen atoms in total. The lowest BCUT2D eigenvalue weighted by atomic mass is 10.1. The molecule has 0 spiro atoms. The molecule has 4 fully saturated rings. The number of aromatic amines is 2. The number of aromatic nitrogens is 8. The van der Waals surface area contributed by atoms with Crippen LogP contribution in [0.5, 0.6) is 0 Å². The molecule has 17 N–H and O–H groups in total. The highest BCUT2D eigenvalue weighted by Gasteiger charge is 2.52. The number of rotatable bonds is 4. The number of imidazole rings is 2. The molecule has 8 heterocycles. The number of H-pyrrole nitrogens is 2. The van der Waals surface area contributed by atoms with Gasteiger partial charge in [0.2, 0.25) is 5.95 Å². The normalized spacial score (nSPS) is 39.0. The standard InChI is InChI=1S/C25H31N9O18P2.2H3N/c26-25-31-20-10(22(41)32-25)28-5-34(20)24-14(39)16-8(50-24)3-47-53(42,43)51-15-7(2-46-54(44,45)52-16)48-17(13(15)38)18-29-19-9(21(40)30-18)27-4-33(19)23-12(37)11(36)6(1-35)49-23;;/h4-8,11-17,23-24,35-39H,1-3H2,(H,42,43)(H,44,45)(H,29,30,40)(H3,26,31,32,41);2*1H3/t6-,7-,8+,11-,12-,13-,14+,15-,16+,17-,23-,24+;;/m1../s1. The summed E-state index contributed by atoms with van der Waals surface area (Å²) >= 11 is 0. The zero-order valence-electron chi connectivity index (χ0n) is 28.9. The van der Waals surface area contributed by atoms with Gasteiger partial charge < -0.3 is 90.6 Å². The molecule has 4 aliphatic heterocycles. The highest BCUT2D eigenvalue weighted by Crippen LogP contribution is 2.51. The van der Waals surface area contributed by atoms with E-state index < -0.39 is 126 Å². The fourth-order valence-electron chi connectivity index (χ4n) is 6.63. The van der Waals surface area contributed by atoms with Gasteiger partial charge in [-0.05, 0) is 0 Å². The van der Waals surface area contributed by atoms with E-state index >= 15 is 0 Å². The number of quaternary nitrogens is 2. The molecule has 0 saturated carbocycles. The van der Waals surface area contributed by atoms with Crippen LogP contribution in [0.1, 0.15) is 24.4 Å². The maximum atomic E-state index is 13.1. The summed E-state index contributed by atoms with van der Waals surface area (Å²) < 4.78 is 65.5. The van der Waals surface area contributed by atoms with Crippen molar-refractivity contribution in [2.24, 2.45) is 0 Å². The van der Waals surface area contributed by atoms with Crippen molar-refractivity contribution < 1.29 is 76.8 Å². The van der Waals surface area contributed by atoms with Crippen molar-refractivity contribution >= 4 is 43.9 Å². The van der Waals surface area contributed by atoms with Gasteiger partial charge in [0, 0.05) is 0 Å².